The predicted octanol–water partition coefficient (Wildman–Crippen LogP) is 3.06. The van der Waals surface area contributed by atoms with Crippen molar-refractivity contribution in [3.8, 4) is 11.4 Å². The molecule has 4 rings (SSSR count). The Morgan fingerprint density at radius 3 is 2.77 bits per heavy atom. The molecule has 0 aliphatic heterocycles. The molecule has 1 aliphatic carbocycles. The number of hydrogen-bond acceptors (Lipinski definition) is 7. The molecular formula is C21H24FN7O2. The van der Waals surface area contributed by atoms with Gasteiger partial charge in [0.1, 0.15) is 24.0 Å². The van der Waals surface area contributed by atoms with Gasteiger partial charge in [-0.2, -0.15) is 0 Å². The number of aliphatic hydroxyl groups is 1. The summed E-state index contributed by atoms with van der Waals surface area (Å²) in [6.07, 6.45) is 3.82. The number of halogens is 1. The van der Waals surface area contributed by atoms with Gasteiger partial charge in [0.2, 0.25) is 5.91 Å². The van der Waals surface area contributed by atoms with Gasteiger partial charge in [-0.25, -0.2) is 19.3 Å². The van der Waals surface area contributed by atoms with Crippen LogP contribution in [0.3, 0.4) is 0 Å². The number of amides is 1. The Morgan fingerprint density at radius 1 is 1.32 bits per heavy atom. The van der Waals surface area contributed by atoms with E-state index in [9.17, 15) is 14.3 Å². The number of aromatic nitrogens is 5. The van der Waals surface area contributed by atoms with E-state index in [4.69, 9.17) is 0 Å². The van der Waals surface area contributed by atoms with Gasteiger partial charge in [-0.05, 0) is 31.4 Å². The molecule has 1 aliphatic rings. The van der Waals surface area contributed by atoms with E-state index in [0.29, 0.717) is 35.1 Å². The van der Waals surface area contributed by atoms with Gasteiger partial charge in [0.25, 0.3) is 0 Å². The van der Waals surface area contributed by atoms with Crippen LogP contribution in [-0.4, -0.2) is 41.7 Å². The van der Waals surface area contributed by atoms with E-state index >= 15 is 0 Å². The Morgan fingerprint density at radius 2 is 2.10 bits per heavy atom. The van der Waals surface area contributed by atoms with Gasteiger partial charge in [0.05, 0.1) is 41.6 Å². The topological polar surface area (TPSA) is 118 Å². The Hall–Kier alpha value is -3.40. The molecule has 3 N–H and O–H groups in total. The van der Waals surface area contributed by atoms with Crippen molar-refractivity contribution in [2.24, 2.45) is 13.0 Å². The number of rotatable bonds is 7. The van der Waals surface area contributed by atoms with Gasteiger partial charge in [0.15, 0.2) is 5.82 Å². The molecule has 3 heterocycles. The third-order valence-corrected chi connectivity index (χ3v) is 5.26. The summed E-state index contributed by atoms with van der Waals surface area (Å²) in [5.41, 5.74) is 3.51. The van der Waals surface area contributed by atoms with Crippen molar-refractivity contribution in [2.45, 2.75) is 39.0 Å². The molecule has 9 nitrogen and oxygen atoms in total. The predicted molar refractivity (Wildman–Crippen MR) is 113 cm³/mol. The van der Waals surface area contributed by atoms with Crippen LogP contribution in [0.15, 0.2) is 31.0 Å². The molecule has 0 saturated heterocycles. The zero-order valence-corrected chi connectivity index (χ0v) is 17.5. The first-order chi connectivity index (χ1) is 14.9. The van der Waals surface area contributed by atoms with E-state index in [1.54, 1.807) is 23.2 Å². The quantitative estimate of drug-likeness (QED) is 0.532. The third-order valence-electron chi connectivity index (χ3n) is 5.26. The maximum atomic E-state index is 13.1. The van der Waals surface area contributed by atoms with Crippen molar-refractivity contribution in [3.05, 3.63) is 42.2 Å². The number of aryl methyl sites for hydroxylation is 2. The summed E-state index contributed by atoms with van der Waals surface area (Å²) in [5, 5.41) is 15.9. The molecule has 0 bridgehead atoms. The van der Waals surface area contributed by atoms with Gasteiger partial charge in [-0.3, -0.25) is 9.78 Å². The summed E-state index contributed by atoms with van der Waals surface area (Å²) >= 11 is 0. The van der Waals surface area contributed by atoms with Gasteiger partial charge in [-0.15, -0.1) is 0 Å². The smallest absolute Gasteiger partial charge is 0.231 e. The number of pyridine rings is 1. The number of imidazole rings is 1. The lowest BCUT2D eigenvalue weighted by molar-refractivity contribution is -0.117. The fourth-order valence-corrected chi connectivity index (χ4v) is 3.26. The van der Waals surface area contributed by atoms with E-state index in [-0.39, 0.29) is 12.3 Å². The molecular weight excluding hydrogens is 401 g/mol. The average molecular weight is 425 g/mol. The summed E-state index contributed by atoms with van der Waals surface area (Å²) < 4.78 is 14.9. The molecule has 1 saturated carbocycles. The number of aliphatic hydroxyl groups excluding tert-OH is 1. The SMILES string of the molecule is CCC(O)c1cc(C)c(Nc2ncn(C)c2-c2cc(NC(=O)[C@H]3C[C@H]3F)ncn2)cn1. The number of carbonyl (C=O) groups excluding carboxylic acids is 1. The normalized spacial score (nSPS) is 18.5. The molecule has 3 aromatic rings. The standard InChI is InChI=1S/C21H24FN7O2/c1-4-17(30)14-5-11(2)16(8-23-14)27-20-19(29(3)10-26-20)15-7-18(25-9-24-15)28-21(31)12-6-13(12)22/h5,7-10,12-13,17,27,30H,4,6H2,1-3H3,(H,24,25,28,31)/t12-,13+,17?/m0/s1. The van der Waals surface area contributed by atoms with E-state index in [1.807, 2.05) is 27.0 Å². The number of nitrogens with one attached hydrogen (secondary N) is 2. The maximum absolute atomic E-state index is 13.1. The van der Waals surface area contributed by atoms with Crippen LogP contribution in [0.4, 0.5) is 21.7 Å². The lowest BCUT2D eigenvalue weighted by Gasteiger charge is -2.13. The summed E-state index contributed by atoms with van der Waals surface area (Å²) in [6.45, 7) is 3.82. The molecule has 1 fully saturated rings. The van der Waals surface area contributed by atoms with E-state index in [2.05, 4.69) is 30.6 Å². The number of nitrogens with zero attached hydrogens (tertiary/aromatic N) is 5. The Labute approximate surface area is 178 Å². The van der Waals surface area contributed by atoms with Crippen LogP contribution in [0, 0.1) is 12.8 Å². The summed E-state index contributed by atoms with van der Waals surface area (Å²) in [7, 11) is 1.83. The second-order valence-electron chi connectivity index (χ2n) is 7.66. The number of alkyl halides is 1. The molecule has 1 unspecified atom stereocenters. The summed E-state index contributed by atoms with van der Waals surface area (Å²) in [5.74, 6) is -0.122. The minimum atomic E-state index is -1.07. The summed E-state index contributed by atoms with van der Waals surface area (Å²) in [6, 6.07) is 3.47. The number of carbonyl (C=O) groups is 1. The molecule has 31 heavy (non-hydrogen) atoms. The van der Waals surface area contributed by atoms with Gasteiger partial charge < -0.3 is 20.3 Å². The molecule has 10 heteroatoms. The van der Waals surface area contributed by atoms with Crippen LogP contribution < -0.4 is 10.6 Å². The van der Waals surface area contributed by atoms with Crippen LogP contribution >= 0.6 is 0 Å². The highest BCUT2D eigenvalue weighted by atomic mass is 19.1. The van der Waals surface area contributed by atoms with Crippen LogP contribution in [0.2, 0.25) is 0 Å². The van der Waals surface area contributed by atoms with Crippen molar-refractivity contribution >= 4 is 23.2 Å². The zero-order valence-electron chi connectivity index (χ0n) is 17.5. The molecule has 3 atom stereocenters. The first kappa shape index (κ1) is 20.9. The van der Waals surface area contributed by atoms with Gasteiger partial charge >= 0.3 is 0 Å². The Bertz CT molecular complexity index is 1120. The number of hydrogen-bond donors (Lipinski definition) is 3. The maximum Gasteiger partial charge on any atom is 0.231 e. The highest BCUT2D eigenvalue weighted by Gasteiger charge is 2.43. The lowest BCUT2D eigenvalue weighted by atomic mass is 10.1. The highest BCUT2D eigenvalue weighted by Crippen LogP contribution is 2.35. The van der Waals surface area contributed by atoms with Crippen LogP contribution in [0.1, 0.15) is 37.1 Å². The van der Waals surface area contributed by atoms with Crippen molar-refractivity contribution in [3.63, 3.8) is 0 Å². The fraction of sp³-hybridized carbons (Fsp3) is 0.381. The van der Waals surface area contributed by atoms with Gasteiger partial charge in [-0.1, -0.05) is 6.92 Å². The molecule has 1 amide bonds. The minimum absolute atomic E-state index is 0.251. The molecule has 162 valence electrons. The van der Waals surface area contributed by atoms with Crippen molar-refractivity contribution in [2.75, 3.05) is 10.6 Å². The monoisotopic (exact) mass is 425 g/mol. The first-order valence-electron chi connectivity index (χ1n) is 10.1. The second-order valence-corrected chi connectivity index (χ2v) is 7.66. The Kier molecular flexibility index (Phi) is 5.64. The summed E-state index contributed by atoms with van der Waals surface area (Å²) in [4.78, 5) is 29.2. The van der Waals surface area contributed by atoms with Crippen LogP contribution in [0.5, 0.6) is 0 Å². The lowest BCUT2D eigenvalue weighted by Crippen LogP contribution is -2.16. The van der Waals surface area contributed by atoms with Crippen LogP contribution in [-0.2, 0) is 11.8 Å². The van der Waals surface area contributed by atoms with Gasteiger partial charge in [0, 0.05) is 13.1 Å². The van der Waals surface area contributed by atoms with Crippen molar-refractivity contribution in [1.29, 1.82) is 0 Å². The highest BCUT2D eigenvalue weighted by molar-refractivity contribution is 5.94. The number of anilines is 3. The molecule has 3 aromatic heterocycles. The third kappa shape index (κ3) is 4.38. The molecule has 0 spiro atoms. The van der Waals surface area contributed by atoms with Crippen LogP contribution in [0.25, 0.3) is 11.4 Å². The largest absolute Gasteiger partial charge is 0.387 e. The average Bonchev–Trinajstić information content (AvgIpc) is 3.38. The molecule has 0 radical (unpaired) electrons. The fourth-order valence-electron chi connectivity index (χ4n) is 3.26. The second kappa shape index (κ2) is 8.38. The van der Waals surface area contributed by atoms with Crippen molar-refractivity contribution < 1.29 is 14.3 Å². The molecule has 0 aromatic carbocycles. The van der Waals surface area contributed by atoms with E-state index in [0.717, 1.165) is 11.3 Å². The first-order valence-corrected chi connectivity index (χ1v) is 10.1. The van der Waals surface area contributed by atoms with E-state index in [1.165, 1.54) is 6.33 Å². The van der Waals surface area contributed by atoms with Crippen molar-refractivity contribution in [1.82, 2.24) is 24.5 Å². The van der Waals surface area contributed by atoms with E-state index < -0.39 is 18.2 Å². The minimum Gasteiger partial charge on any atom is -0.387 e. The Balaban J connectivity index is 1.58. The zero-order chi connectivity index (χ0) is 22.1.